The molecule has 1 N–H and O–H groups in total. The van der Waals surface area contributed by atoms with Gasteiger partial charge in [-0.1, -0.05) is 11.8 Å². The molecule has 0 aliphatic carbocycles. The van der Waals surface area contributed by atoms with Gasteiger partial charge in [0.25, 0.3) is 0 Å². The first-order valence-electron chi connectivity index (χ1n) is 5.64. The van der Waals surface area contributed by atoms with E-state index in [1.807, 2.05) is 0 Å². The lowest BCUT2D eigenvalue weighted by atomic mass is 10.2. The summed E-state index contributed by atoms with van der Waals surface area (Å²) in [7, 11) is 1.61. The van der Waals surface area contributed by atoms with Crippen molar-refractivity contribution in [1.29, 1.82) is 0 Å². The van der Waals surface area contributed by atoms with Crippen LogP contribution in [0, 0.1) is 10.1 Å². The van der Waals surface area contributed by atoms with Crippen LogP contribution in [-0.2, 0) is 4.74 Å². The van der Waals surface area contributed by atoms with Gasteiger partial charge in [0.1, 0.15) is 6.33 Å². The summed E-state index contributed by atoms with van der Waals surface area (Å²) in [5, 5.41) is 14.6. The van der Waals surface area contributed by atoms with Crippen molar-refractivity contribution in [3.8, 4) is 0 Å². The lowest BCUT2D eigenvalue weighted by molar-refractivity contribution is -0.387. The Kier molecular flexibility index (Phi) is 4.32. The number of aromatic nitrogens is 2. The third-order valence-electron chi connectivity index (χ3n) is 2.65. The minimum atomic E-state index is -0.437. The number of nitro groups is 1. The van der Waals surface area contributed by atoms with Crippen LogP contribution in [0.5, 0.6) is 0 Å². The monoisotopic (exact) mass is 270 g/mol. The van der Waals surface area contributed by atoms with Crippen LogP contribution in [0.4, 0.5) is 11.5 Å². The molecule has 0 spiro atoms. The number of ether oxygens (including phenoxy) is 1. The molecule has 2 rings (SSSR count). The van der Waals surface area contributed by atoms with E-state index in [0.717, 1.165) is 12.8 Å². The molecule has 1 fully saturated rings. The van der Waals surface area contributed by atoms with Gasteiger partial charge in [0.05, 0.1) is 4.92 Å². The summed E-state index contributed by atoms with van der Waals surface area (Å²) in [4.78, 5) is 18.6. The molecule has 0 radical (unpaired) electrons. The van der Waals surface area contributed by atoms with Crippen LogP contribution in [0.1, 0.15) is 12.8 Å². The van der Waals surface area contributed by atoms with E-state index >= 15 is 0 Å². The van der Waals surface area contributed by atoms with Gasteiger partial charge in [-0.2, -0.15) is 0 Å². The number of nitrogens with zero attached hydrogens (tertiary/aromatic N) is 3. The second kappa shape index (κ2) is 5.96. The highest BCUT2D eigenvalue weighted by Gasteiger charge is 2.26. The molecular formula is C10H14N4O3S. The smallest absolute Gasteiger partial charge is 0.343 e. The molecule has 1 saturated heterocycles. The first-order chi connectivity index (χ1) is 8.72. The Hall–Kier alpha value is -1.41. The van der Waals surface area contributed by atoms with Gasteiger partial charge < -0.3 is 10.1 Å². The van der Waals surface area contributed by atoms with Crippen LogP contribution in [-0.4, -0.2) is 40.4 Å². The lowest BCUT2D eigenvalue weighted by Gasteiger charge is -2.20. The van der Waals surface area contributed by atoms with Crippen molar-refractivity contribution >= 4 is 23.3 Å². The first kappa shape index (κ1) is 13.0. The lowest BCUT2D eigenvalue weighted by Crippen LogP contribution is -2.17. The Labute approximate surface area is 108 Å². The highest BCUT2D eigenvalue weighted by molar-refractivity contribution is 8.00. The minimum Gasteiger partial charge on any atom is -0.381 e. The SMILES string of the molecule is CNc1ncnc(SC2CCOCC2)c1[N+](=O)[O-]. The van der Waals surface area contributed by atoms with Crippen LogP contribution in [0.2, 0.25) is 0 Å². The van der Waals surface area contributed by atoms with Crippen LogP contribution in [0.15, 0.2) is 11.4 Å². The van der Waals surface area contributed by atoms with Gasteiger partial charge in [0, 0.05) is 25.5 Å². The fourth-order valence-electron chi connectivity index (χ4n) is 1.75. The molecule has 1 aliphatic rings. The summed E-state index contributed by atoms with van der Waals surface area (Å²) >= 11 is 1.44. The number of nitrogens with one attached hydrogen (secondary N) is 1. The van der Waals surface area contributed by atoms with Crippen LogP contribution >= 0.6 is 11.8 Å². The van der Waals surface area contributed by atoms with Crippen molar-refractivity contribution in [2.24, 2.45) is 0 Å². The molecule has 0 unspecified atom stereocenters. The highest BCUT2D eigenvalue weighted by Crippen LogP contribution is 2.36. The topological polar surface area (TPSA) is 90.2 Å². The normalized spacial score (nSPS) is 16.5. The standard InChI is InChI=1S/C10H14N4O3S/c1-11-9-8(14(15)16)10(13-6-12-9)18-7-2-4-17-5-3-7/h6-7H,2-5H2,1H3,(H,11,12,13). The summed E-state index contributed by atoms with van der Waals surface area (Å²) in [6, 6.07) is 0. The summed E-state index contributed by atoms with van der Waals surface area (Å²) < 4.78 is 5.27. The van der Waals surface area contributed by atoms with E-state index in [4.69, 9.17) is 4.74 Å². The largest absolute Gasteiger partial charge is 0.381 e. The zero-order valence-electron chi connectivity index (χ0n) is 9.96. The van der Waals surface area contributed by atoms with E-state index in [0.29, 0.717) is 23.5 Å². The van der Waals surface area contributed by atoms with Gasteiger partial charge >= 0.3 is 5.69 Å². The summed E-state index contributed by atoms with van der Waals surface area (Å²) in [5.74, 6) is 0.254. The molecule has 0 amide bonds. The molecule has 0 aromatic carbocycles. The Balaban J connectivity index is 2.23. The van der Waals surface area contributed by atoms with Crippen molar-refractivity contribution in [3.05, 3.63) is 16.4 Å². The van der Waals surface area contributed by atoms with Gasteiger partial charge in [-0.25, -0.2) is 9.97 Å². The van der Waals surface area contributed by atoms with E-state index < -0.39 is 4.92 Å². The van der Waals surface area contributed by atoms with E-state index in [9.17, 15) is 10.1 Å². The fraction of sp³-hybridized carbons (Fsp3) is 0.600. The van der Waals surface area contributed by atoms with Crippen LogP contribution < -0.4 is 5.32 Å². The quantitative estimate of drug-likeness (QED) is 0.506. The average Bonchev–Trinajstić information content (AvgIpc) is 2.39. The highest BCUT2D eigenvalue weighted by atomic mass is 32.2. The zero-order valence-corrected chi connectivity index (χ0v) is 10.8. The Bertz CT molecular complexity index is 437. The van der Waals surface area contributed by atoms with Crippen molar-refractivity contribution < 1.29 is 9.66 Å². The number of rotatable bonds is 4. The zero-order chi connectivity index (χ0) is 13.0. The van der Waals surface area contributed by atoms with E-state index in [-0.39, 0.29) is 11.5 Å². The Morgan fingerprint density at radius 3 is 2.83 bits per heavy atom. The molecule has 8 heteroatoms. The predicted molar refractivity (Wildman–Crippen MR) is 67.9 cm³/mol. The number of hydrogen-bond donors (Lipinski definition) is 1. The maximum atomic E-state index is 11.1. The molecule has 1 aromatic heterocycles. The molecule has 0 saturated carbocycles. The predicted octanol–water partition coefficient (Wildman–Crippen LogP) is 1.70. The van der Waals surface area contributed by atoms with Gasteiger partial charge in [0.15, 0.2) is 5.03 Å². The number of anilines is 1. The van der Waals surface area contributed by atoms with E-state index in [1.54, 1.807) is 7.05 Å². The van der Waals surface area contributed by atoms with Gasteiger partial charge in [-0.05, 0) is 12.8 Å². The molecule has 0 atom stereocenters. The third-order valence-corrected chi connectivity index (χ3v) is 3.98. The number of thioether (sulfide) groups is 1. The second-order valence-electron chi connectivity index (χ2n) is 3.81. The summed E-state index contributed by atoms with van der Waals surface area (Å²) in [6.07, 6.45) is 3.13. The van der Waals surface area contributed by atoms with Crippen molar-refractivity contribution in [2.75, 3.05) is 25.6 Å². The van der Waals surface area contributed by atoms with E-state index in [2.05, 4.69) is 15.3 Å². The molecule has 98 valence electrons. The molecule has 18 heavy (non-hydrogen) atoms. The molecule has 2 heterocycles. The average molecular weight is 270 g/mol. The van der Waals surface area contributed by atoms with Crippen molar-refractivity contribution in [3.63, 3.8) is 0 Å². The molecule has 1 aliphatic heterocycles. The second-order valence-corrected chi connectivity index (χ2v) is 5.10. The molecule has 1 aromatic rings. The number of hydrogen-bond acceptors (Lipinski definition) is 7. The Morgan fingerprint density at radius 2 is 2.22 bits per heavy atom. The minimum absolute atomic E-state index is 0.0449. The summed E-state index contributed by atoms with van der Waals surface area (Å²) in [6.45, 7) is 1.41. The third kappa shape index (κ3) is 2.88. The molecule has 7 nitrogen and oxygen atoms in total. The summed E-state index contributed by atoms with van der Waals surface area (Å²) in [5.41, 5.74) is -0.0449. The van der Waals surface area contributed by atoms with Gasteiger partial charge in [-0.15, -0.1) is 0 Å². The van der Waals surface area contributed by atoms with Gasteiger partial charge in [-0.3, -0.25) is 10.1 Å². The maximum absolute atomic E-state index is 11.1. The van der Waals surface area contributed by atoms with Gasteiger partial charge in [0.2, 0.25) is 5.82 Å². The van der Waals surface area contributed by atoms with Crippen molar-refractivity contribution in [2.45, 2.75) is 23.1 Å². The van der Waals surface area contributed by atoms with Crippen LogP contribution in [0.25, 0.3) is 0 Å². The fourth-order valence-corrected chi connectivity index (χ4v) is 2.88. The first-order valence-corrected chi connectivity index (χ1v) is 6.52. The van der Waals surface area contributed by atoms with Crippen LogP contribution in [0.3, 0.4) is 0 Å². The molecular weight excluding hydrogens is 256 g/mol. The van der Waals surface area contributed by atoms with E-state index in [1.165, 1.54) is 18.1 Å². The van der Waals surface area contributed by atoms with Crippen molar-refractivity contribution in [1.82, 2.24) is 9.97 Å². The maximum Gasteiger partial charge on any atom is 0.343 e. The molecule has 0 bridgehead atoms. The Morgan fingerprint density at radius 1 is 1.50 bits per heavy atom.